The molecule has 1 aromatic carbocycles. The summed E-state index contributed by atoms with van der Waals surface area (Å²) in [7, 11) is -2.88. The lowest BCUT2D eigenvalue weighted by molar-refractivity contribution is -0.124. The van der Waals surface area contributed by atoms with Crippen LogP contribution in [0.5, 0.6) is 0 Å². The summed E-state index contributed by atoms with van der Waals surface area (Å²) in [5.41, 5.74) is 6.84. The van der Waals surface area contributed by atoms with Crippen LogP contribution in [0.4, 0.5) is 10.5 Å². The highest BCUT2D eigenvalue weighted by Crippen LogP contribution is 2.31. The maximum Gasteiger partial charge on any atom is 0.415 e. The summed E-state index contributed by atoms with van der Waals surface area (Å²) in [6.45, 7) is 0.106. The van der Waals surface area contributed by atoms with Crippen LogP contribution < -0.4 is 10.6 Å². The Labute approximate surface area is 134 Å². The van der Waals surface area contributed by atoms with Gasteiger partial charge in [0.15, 0.2) is 6.10 Å². The number of hydrogen-bond donors (Lipinski definition) is 1. The fourth-order valence-electron chi connectivity index (χ4n) is 2.97. The van der Waals surface area contributed by atoms with Crippen molar-refractivity contribution < 1.29 is 22.7 Å². The normalized spacial score (nSPS) is 24.4. The molecule has 0 bridgehead atoms. The number of hydrogen-bond acceptors (Lipinski definition) is 5. The zero-order chi connectivity index (χ0) is 16.6. The lowest BCUT2D eigenvalue weighted by Gasteiger charge is -2.23. The summed E-state index contributed by atoms with van der Waals surface area (Å²) in [6.07, 6.45) is -0.273. The summed E-state index contributed by atoms with van der Waals surface area (Å²) in [5, 5.41) is 0. The predicted molar refractivity (Wildman–Crippen MR) is 83.9 cm³/mol. The van der Waals surface area contributed by atoms with E-state index in [4.69, 9.17) is 10.5 Å². The van der Waals surface area contributed by atoms with Crippen molar-refractivity contribution >= 4 is 27.5 Å². The average molecular weight is 338 g/mol. The van der Waals surface area contributed by atoms with E-state index in [-0.39, 0.29) is 24.0 Å². The molecule has 0 aromatic heterocycles. The van der Waals surface area contributed by atoms with E-state index in [0.717, 1.165) is 5.56 Å². The molecule has 124 valence electrons. The molecule has 0 saturated carbocycles. The number of carbonyl (C=O) groups excluding carboxylic acids is 2. The van der Waals surface area contributed by atoms with E-state index < -0.39 is 27.9 Å². The molecule has 2 N–H and O–H groups in total. The molecule has 8 heteroatoms. The van der Waals surface area contributed by atoms with E-state index in [1.807, 2.05) is 12.1 Å². The highest BCUT2D eigenvalue weighted by atomic mass is 32.2. The third kappa shape index (κ3) is 3.31. The minimum atomic E-state index is -2.88. The fraction of sp³-hybridized carbons (Fsp3) is 0.467. The van der Waals surface area contributed by atoms with Gasteiger partial charge in [0.2, 0.25) is 0 Å². The van der Waals surface area contributed by atoms with Gasteiger partial charge in [-0.3, -0.25) is 9.69 Å². The van der Waals surface area contributed by atoms with E-state index in [9.17, 15) is 18.0 Å². The van der Waals surface area contributed by atoms with Gasteiger partial charge in [-0.2, -0.15) is 0 Å². The van der Waals surface area contributed by atoms with E-state index >= 15 is 0 Å². The number of ether oxygens (including phenoxy) is 1. The second kappa shape index (κ2) is 5.84. The molecule has 23 heavy (non-hydrogen) atoms. The van der Waals surface area contributed by atoms with Crippen molar-refractivity contribution in [1.29, 1.82) is 0 Å². The predicted octanol–water partition coefficient (Wildman–Crippen LogP) is 0.789. The van der Waals surface area contributed by atoms with E-state index in [0.29, 0.717) is 18.5 Å². The molecule has 2 fully saturated rings. The first-order valence-corrected chi connectivity index (χ1v) is 9.26. The summed E-state index contributed by atoms with van der Waals surface area (Å²) < 4.78 is 27.9. The van der Waals surface area contributed by atoms with Gasteiger partial charge in [0, 0.05) is 5.69 Å². The molecule has 1 atom stereocenters. The number of anilines is 1. The van der Waals surface area contributed by atoms with Crippen LogP contribution in [0.2, 0.25) is 0 Å². The number of amides is 2. The molecule has 0 radical (unpaired) electrons. The molecule has 2 saturated heterocycles. The molecule has 0 aliphatic carbocycles. The second-order valence-corrected chi connectivity index (χ2v) is 8.21. The Balaban J connectivity index is 1.70. The number of cyclic esters (lactones) is 1. The van der Waals surface area contributed by atoms with Crippen molar-refractivity contribution in [3.63, 3.8) is 0 Å². The first-order chi connectivity index (χ1) is 10.9. The zero-order valence-electron chi connectivity index (χ0n) is 12.5. The number of primary amides is 1. The Morgan fingerprint density at radius 1 is 1.17 bits per heavy atom. The van der Waals surface area contributed by atoms with Crippen molar-refractivity contribution in [3.05, 3.63) is 29.8 Å². The van der Waals surface area contributed by atoms with Crippen molar-refractivity contribution in [2.75, 3.05) is 23.0 Å². The molecule has 1 unspecified atom stereocenters. The van der Waals surface area contributed by atoms with Gasteiger partial charge in [0.25, 0.3) is 5.91 Å². The molecule has 7 nitrogen and oxygen atoms in total. The fourth-order valence-corrected chi connectivity index (χ4v) is 4.46. The summed E-state index contributed by atoms with van der Waals surface area (Å²) >= 11 is 0. The van der Waals surface area contributed by atoms with Gasteiger partial charge in [-0.1, -0.05) is 12.1 Å². The Hall–Kier alpha value is -2.09. The van der Waals surface area contributed by atoms with Gasteiger partial charge in [0.05, 0.1) is 18.1 Å². The Bertz CT molecular complexity index is 715. The molecule has 0 spiro atoms. The maximum atomic E-state index is 11.8. The van der Waals surface area contributed by atoms with E-state index in [1.54, 1.807) is 12.1 Å². The van der Waals surface area contributed by atoms with Crippen LogP contribution in [0, 0.1) is 0 Å². The van der Waals surface area contributed by atoms with Gasteiger partial charge in [-0.05, 0) is 36.5 Å². The molecule has 3 rings (SSSR count). The van der Waals surface area contributed by atoms with Crippen LogP contribution in [0.15, 0.2) is 24.3 Å². The molecule has 2 aliphatic heterocycles. The Morgan fingerprint density at radius 2 is 1.78 bits per heavy atom. The summed E-state index contributed by atoms with van der Waals surface area (Å²) in [4.78, 5) is 24.2. The molecular formula is C15H18N2O5S. The number of nitrogens with two attached hydrogens (primary N) is 1. The van der Waals surface area contributed by atoms with Crippen molar-refractivity contribution in [1.82, 2.24) is 0 Å². The van der Waals surface area contributed by atoms with Crippen LogP contribution in [-0.2, 0) is 19.4 Å². The topological polar surface area (TPSA) is 107 Å². The number of rotatable bonds is 3. The third-order valence-corrected chi connectivity index (χ3v) is 6.08. The smallest absolute Gasteiger partial charge is 0.415 e. The minimum Gasteiger partial charge on any atom is -0.434 e. The zero-order valence-corrected chi connectivity index (χ0v) is 13.3. The van der Waals surface area contributed by atoms with Crippen molar-refractivity contribution in [3.8, 4) is 0 Å². The molecule has 2 aliphatic rings. The lowest BCUT2D eigenvalue weighted by atomic mass is 9.93. The average Bonchev–Trinajstić information content (AvgIpc) is 2.90. The van der Waals surface area contributed by atoms with Gasteiger partial charge >= 0.3 is 6.09 Å². The summed E-state index contributed by atoms with van der Waals surface area (Å²) in [6, 6.07) is 7.35. The van der Waals surface area contributed by atoms with Crippen LogP contribution >= 0.6 is 0 Å². The standard InChI is InChI=1S/C15H18N2O5S/c16-14(18)13-9-17(15(19)22-13)12-3-1-10(2-4-12)11-5-7-23(20,21)8-6-11/h1-4,11,13H,5-9H2,(H2,16,18). The monoisotopic (exact) mass is 338 g/mol. The number of benzene rings is 1. The Morgan fingerprint density at radius 3 is 2.30 bits per heavy atom. The van der Waals surface area contributed by atoms with E-state index in [2.05, 4.69) is 0 Å². The summed E-state index contributed by atoms with van der Waals surface area (Å²) in [5.74, 6) is -0.00610. The van der Waals surface area contributed by atoms with Gasteiger partial charge in [-0.15, -0.1) is 0 Å². The SMILES string of the molecule is NC(=O)C1CN(c2ccc(C3CCS(=O)(=O)CC3)cc2)C(=O)O1. The van der Waals surface area contributed by atoms with Crippen LogP contribution in [0.3, 0.4) is 0 Å². The largest absolute Gasteiger partial charge is 0.434 e. The number of sulfone groups is 1. The highest BCUT2D eigenvalue weighted by Gasteiger charge is 2.35. The van der Waals surface area contributed by atoms with Gasteiger partial charge in [-0.25, -0.2) is 13.2 Å². The Kier molecular flexibility index (Phi) is 4.01. The number of nitrogens with zero attached hydrogens (tertiary/aromatic N) is 1. The van der Waals surface area contributed by atoms with Crippen LogP contribution in [0.1, 0.15) is 24.3 Å². The first-order valence-electron chi connectivity index (χ1n) is 7.43. The highest BCUT2D eigenvalue weighted by molar-refractivity contribution is 7.91. The minimum absolute atomic E-state index is 0.106. The second-order valence-electron chi connectivity index (χ2n) is 5.90. The molecule has 1 aromatic rings. The lowest BCUT2D eigenvalue weighted by Crippen LogP contribution is -2.32. The van der Waals surface area contributed by atoms with Crippen molar-refractivity contribution in [2.24, 2.45) is 5.73 Å². The molecule has 2 amide bonds. The van der Waals surface area contributed by atoms with Gasteiger partial charge in [0.1, 0.15) is 9.84 Å². The third-order valence-electron chi connectivity index (χ3n) is 4.36. The van der Waals surface area contributed by atoms with Crippen molar-refractivity contribution in [2.45, 2.75) is 24.9 Å². The molecule has 2 heterocycles. The number of carbonyl (C=O) groups is 2. The maximum absolute atomic E-state index is 11.8. The van der Waals surface area contributed by atoms with Crippen LogP contribution in [0.25, 0.3) is 0 Å². The molecular weight excluding hydrogens is 320 g/mol. The van der Waals surface area contributed by atoms with Gasteiger partial charge < -0.3 is 10.5 Å². The van der Waals surface area contributed by atoms with E-state index in [1.165, 1.54) is 4.90 Å². The van der Waals surface area contributed by atoms with Crippen LogP contribution in [-0.4, -0.2) is 44.6 Å². The quantitative estimate of drug-likeness (QED) is 0.877. The first kappa shape index (κ1) is 15.8.